The van der Waals surface area contributed by atoms with Crippen LogP contribution in [0.3, 0.4) is 0 Å². The van der Waals surface area contributed by atoms with Crippen molar-refractivity contribution in [3.63, 3.8) is 0 Å². The van der Waals surface area contributed by atoms with E-state index in [9.17, 15) is 9.90 Å². The van der Waals surface area contributed by atoms with Crippen LogP contribution in [0.5, 0.6) is 11.5 Å². The monoisotopic (exact) mass is 227 g/mol. The Morgan fingerprint density at radius 2 is 2.27 bits per heavy atom. The first-order valence-corrected chi connectivity index (χ1v) is 4.47. The zero-order valence-electron chi connectivity index (χ0n) is 8.03. The van der Waals surface area contributed by atoms with E-state index in [0.717, 1.165) is 6.08 Å². The van der Waals surface area contributed by atoms with Crippen LogP contribution in [0.4, 0.5) is 0 Å². The molecule has 0 aliphatic rings. The van der Waals surface area contributed by atoms with Crippen LogP contribution in [0.2, 0.25) is 5.02 Å². The van der Waals surface area contributed by atoms with Crippen molar-refractivity contribution >= 4 is 23.6 Å². The highest BCUT2D eigenvalue weighted by atomic mass is 35.5. The Labute approximate surface area is 91.9 Å². The van der Waals surface area contributed by atoms with Crippen LogP contribution in [-0.4, -0.2) is 18.1 Å². The number of primary amides is 1. The Kier molecular flexibility index (Phi) is 3.57. The first-order valence-electron chi connectivity index (χ1n) is 4.09. The lowest BCUT2D eigenvalue weighted by Crippen LogP contribution is -2.05. The zero-order chi connectivity index (χ0) is 11.4. The summed E-state index contributed by atoms with van der Waals surface area (Å²) in [6.07, 6.45) is 2.58. The van der Waals surface area contributed by atoms with E-state index in [2.05, 4.69) is 0 Å². The quantitative estimate of drug-likeness (QED) is 0.770. The van der Waals surface area contributed by atoms with Gasteiger partial charge in [-0.2, -0.15) is 0 Å². The van der Waals surface area contributed by atoms with Crippen molar-refractivity contribution < 1.29 is 14.6 Å². The van der Waals surface area contributed by atoms with Gasteiger partial charge in [-0.1, -0.05) is 11.6 Å². The van der Waals surface area contributed by atoms with Gasteiger partial charge in [0, 0.05) is 6.08 Å². The van der Waals surface area contributed by atoms with Crippen molar-refractivity contribution in [2.75, 3.05) is 7.11 Å². The molecule has 3 N–H and O–H groups in total. The van der Waals surface area contributed by atoms with E-state index >= 15 is 0 Å². The number of rotatable bonds is 3. The molecule has 1 aromatic rings. The van der Waals surface area contributed by atoms with Crippen molar-refractivity contribution in [3.8, 4) is 11.5 Å². The van der Waals surface area contributed by atoms with Crippen molar-refractivity contribution in [1.82, 2.24) is 0 Å². The Hall–Kier alpha value is -1.68. The number of nitrogens with two attached hydrogens (primary N) is 1. The largest absolute Gasteiger partial charge is 0.503 e. The first kappa shape index (κ1) is 11.4. The van der Waals surface area contributed by atoms with Gasteiger partial charge in [0.1, 0.15) is 0 Å². The van der Waals surface area contributed by atoms with Gasteiger partial charge < -0.3 is 15.6 Å². The SMILES string of the molecule is COc1ccc(/C=C\C(N)=O)c(Cl)c1O. The van der Waals surface area contributed by atoms with Crippen LogP contribution in [0.15, 0.2) is 18.2 Å². The minimum Gasteiger partial charge on any atom is -0.503 e. The molecule has 0 aromatic heterocycles. The van der Waals surface area contributed by atoms with Gasteiger partial charge in [-0.15, -0.1) is 0 Å². The Morgan fingerprint density at radius 1 is 1.60 bits per heavy atom. The Balaban J connectivity index is 3.12. The summed E-state index contributed by atoms with van der Waals surface area (Å²) in [7, 11) is 1.42. The van der Waals surface area contributed by atoms with Gasteiger partial charge in [0.2, 0.25) is 5.91 Å². The molecule has 0 saturated heterocycles. The minimum absolute atomic E-state index is 0.117. The highest BCUT2D eigenvalue weighted by Crippen LogP contribution is 2.36. The van der Waals surface area contributed by atoms with Crippen LogP contribution in [0, 0.1) is 0 Å². The van der Waals surface area contributed by atoms with Gasteiger partial charge in [-0.3, -0.25) is 4.79 Å². The molecule has 80 valence electrons. The van der Waals surface area contributed by atoms with E-state index in [1.54, 1.807) is 12.1 Å². The fourth-order valence-corrected chi connectivity index (χ4v) is 1.25. The molecule has 0 unspecified atom stereocenters. The molecule has 0 radical (unpaired) electrons. The maximum atomic E-state index is 10.5. The molecule has 1 amide bonds. The standard InChI is InChI=1S/C10H10ClNO3/c1-15-7-4-2-6(3-5-8(12)13)9(11)10(7)14/h2-5,14H,1H3,(H2,12,13)/b5-3-. The second kappa shape index (κ2) is 4.70. The first-order chi connectivity index (χ1) is 7.06. The van der Waals surface area contributed by atoms with Crippen LogP contribution in [0.25, 0.3) is 6.08 Å². The fourth-order valence-electron chi connectivity index (χ4n) is 1.03. The van der Waals surface area contributed by atoms with Gasteiger partial charge >= 0.3 is 0 Å². The number of hydrogen-bond donors (Lipinski definition) is 2. The molecule has 5 heteroatoms. The lowest BCUT2D eigenvalue weighted by molar-refractivity contribution is -0.113. The molecular weight excluding hydrogens is 218 g/mol. The molecular formula is C10H10ClNO3. The summed E-state index contributed by atoms with van der Waals surface area (Å²) in [5.41, 5.74) is 5.42. The molecule has 1 rings (SSSR count). The molecule has 0 bridgehead atoms. The van der Waals surface area contributed by atoms with Crippen LogP contribution < -0.4 is 10.5 Å². The number of hydrogen-bond acceptors (Lipinski definition) is 3. The number of phenols is 1. The average molecular weight is 228 g/mol. The maximum absolute atomic E-state index is 10.5. The van der Waals surface area contributed by atoms with Gasteiger partial charge in [-0.25, -0.2) is 0 Å². The van der Waals surface area contributed by atoms with E-state index in [-0.39, 0.29) is 16.5 Å². The summed E-state index contributed by atoms with van der Waals surface area (Å²) in [5, 5.41) is 9.65. The molecule has 0 fully saturated rings. The number of carbonyl (C=O) groups excluding carboxylic acids is 1. The lowest BCUT2D eigenvalue weighted by atomic mass is 10.2. The van der Waals surface area contributed by atoms with Crippen molar-refractivity contribution in [1.29, 1.82) is 0 Å². The number of aromatic hydroxyl groups is 1. The van der Waals surface area contributed by atoms with Crippen molar-refractivity contribution in [3.05, 3.63) is 28.8 Å². The minimum atomic E-state index is -0.582. The number of carbonyl (C=O) groups is 1. The number of benzene rings is 1. The number of phenolic OH excluding ortho intramolecular Hbond substituents is 1. The van der Waals surface area contributed by atoms with Crippen LogP contribution >= 0.6 is 11.6 Å². The predicted octanol–water partition coefficient (Wildman–Crippen LogP) is 1.55. The van der Waals surface area contributed by atoms with Crippen LogP contribution in [-0.2, 0) is 4.79 Å². The van der Waals surface area contributed by atoms with E-state index in [4.69, 9.17) is 22.1 Å². The third kappa shape index (κ3) is 2.63. The zero-order valence-corrected chi connectivity index (χ0v) is 8.78. The second-order valence-electron chi connectivity index (χ2n) is 2.76. The van der Waals surface area contributed by atoms with Gasteiger partial charge in [0.15, 0.2) is 11.5 Å². The summed E-state index contributed by atoms with van der Waals surface area (Å²) >= 11 is 5.83. The van der Waals surface area contributed by atoms with Crippen molar-refractivity contribution in [2.24, 2.45) is 5.73 Å². The van der Waals surface area contributed by atoms with E-state index in [0.29, 0.717) is 5.56 Å². The third-order valence-electron chi connectivity index (χ3n) is 1.76. The van der Waals surface area contributed by atoms with Crippen molar-refractivity contribution in [2.45, 2.75) is 0 Å². The number of methoxy groups -OCH3 is 1. The van der Waals surface area contributed by atoms with Gasteiger partial charge in [-0.05, 0) is 23.8 Å². The molecule has 0 saturated carbocycles. The normalized spacial score (nSPS) is 10.5. The average Bonchev–Trinajstić information content (AvgIpc) is 2.20. The van der Waals surface area contributed by atoms with E-state index < -0.39 is 5.91 Å². The smallest absolute Gasteiger partial charge is 0.241 e. The summed E-state index contributed by atoms with van der Waals surface area (Å²) in [6, 6.07) is 3.15. The second-order valence-corrected chi connectivity index (χ2v) is 3.13. The lowest BCUT2D eigenvalue weighted by Gasteiger charge is -2.06. The Bertz CT molecular complexity index is 415. The molecule has 0 atom stereocenters. The molecule has 0 aliphatic heterocycles. The molecule has 15 heavy (non-hydrogen) atoms. The number of amides is 1. The topological polar surface area (TPSA) is 72.5 Å². The maximum Gasteiger partial charge on any atom is 0.241 e. The van der Waals surface area contributed by atoms with Crippen LogP contribution in [0.1, 0.15) is 5.56 Å². The number of ether oxygens (including phenoxy) is 1. The fraction of sp³-hybridized carbons (Fsp3) is 0.100. The highest BCUT2D eigenvalue weighted by molar-refractivity contribution is 6.33. The summed E-state index contributed by atoms with van der Waals surface area (Å²) < 4.78 is 4.86. The highest BCUT2D eigenvalue weighted by Gasteiger charge is 2.09. The molecule has 4 nitrogen and oxygen atoms in total. The van der Waals surface area contributed by atoms with Gasteiger partial charge in [0.25, 0.3) is 0 Å². The summed E-state index contributed by atoms with van der Waals surface area (Å²) in [5.74, 6) is -0.469. The number of halogens is 1. The van der Waals surface area contributed by atoms with E-state index in [1.807, 2.05) is 0 Å². The van der Waals surface area contributed by atoms with Gasteiger partial charge in [0.05, 0.1) is 12.1 Å². The third-order valence-corrected chi connectivity index (χ3v) is 2.15. The van der Waals surface area contributed by atoms with E-state index in [1.165, 1.54) is 13.2 Å². The summed E-state index contributed by atoms with van der Waals surface area (Å²) in [4.78, 5) is 10.5. The Morgan fingerprint density at radius 3 is 2.80 bits per heavy atom. The molecule has 0 spiro atoms. The molecule has 0 aliphatic carbocycles. The molecule has 0 heterocycles. The summed E-state index contributed by atoms with van der Waals surface area (Å²) in [6.45, 7) is 0. The molecule has 1 aromatic carbocycles. The predicted molar refractivity (Wildman–Crippen MR) is 57.9 cm³/mol.